The predicted molar refractivity (Wildman–Crippen MR) is 100.0 cm³/mol. The first-order chi connectivity index (χ1) is 12.8. The minimum atomic E-state index is -0.0628. The molecule has 0 radical (unpaired) electrons. The summed E-state index contributed by atoms with van der Waals surface area (Å²) in [5.41, 5.74) is 0. The van der Waals surface area contributed by atoms with Crippen molar-refractivity contribution < 1.29 is 23.8 Å². The van der Waals surface area contributed by atoms with Crippen molar-refractivity contribution in [2.75, 3.05) is 33.0 Å². The zero-order valence-electron chi connectivity index (χ0n) is 16.2. The molecular formula is C21H36O5. The number of ether oxygens (including phenoxy) is 3. The van der Waals surface area contributed by atoms with Crippen molar-refractivity contribution >= 4 is 11.8 Å². The van der Waals surface area contributed by atoms with Crippen LogP contribution in [0.2, 0.25) is 0 Å². The third-order valence-electron chi connectivity index (χ3n) is 5.55. The van der Waals surface area contributed by atoms with Crippen LogP contribution in [-0.2, 0) is 23.8 Å². The standard InChI is InChI=1S/C21H36O5/c22-20(18-8-3-1-4-9-18)12-7-13-24-14-15-25-16-17-26-21(23)19-10-5-2-6-11-19/h18-19H,1-17H2. The maximum Gasteiger partial charge on any atom is 0.309 e. The van der Waals surface area contributed by atoms with E-state index >= 15 is 0 Å². The lowest BCUT2D eigenvalue weighted by Crippen LogP contribution is -2.22. The number of carbonyl (C=O) groups excluding carboxylic acids is 2. The maximum atomic E-state index is 12.1. The van der Waals surface area contributed by atoms with Crippen LogP contribution in [0.3, 0.4) is 0 Å². The lowest BCUT2D eigenvalue weighted by Gasteiger charge is -2.20. The van der Waals surface area contributed by atoms with E-state index in [0.29, 0.717) is 51.2 Å². The Morgan fingerprint density at radius 1 is 0.654 bits per heavy atom. The molecule has 2 saturated carbocycles. The van der Waals surface area contributed by atoms with Gasteiger partial charge in [-0.15, -0.1) is 0 Å². The Morgan fingerprint density at radius 2 is 1.19 bits per heavy atom. The molecule has 0 bridgehead atoms. The molecule has 150 valence electrons. The summed E-state index contributed by atoms with van der Waals surface area (Å²) in [6, 6.07) is 0. The average molecular weight is 369 g/mol. The Hall–Kier alpha value is -0.940. The van der Waals surface area contributed by atoms with E-state index in [0.717, 1.165) is 44.9 Å². The Balaban J connectivity index is 1.34. The number of rotatable bonds is 12. The average Bonchev–Trinajstić information content (AvgIpc) is 2.70. The van der Waals surface area contributed by atoms with E-state index in [1.165, 1.54) is 25.7 Å². The van der Waals surface area contributed by atoms with E-state index in [4.69, 9.17) is 14.2 Å². The number of carbonyl (C=O) groups is 2. The van der Waals surface area contributed by atoms with Gasteiger partial charge in [0.05, 0.1) is 25.7 Å². The molecule has 2 fully saturated rings. The number of ketones is 1. The molecule has 2 aliphatic rings. The second kappa shape index (κ2) is 13.3. The first-order valence-corrected chi connectivity index (χ1v) is 10.6. The molecule has 0 heterocycles. The fourth-order valence-electron chi connectivity index (χ4n) is 3.96. The molecule has 0 unspecified atom stereocenters. The van der Waals surface area contributed by atoms with Gasteiger partial charge < -0.3 is 14.2 Å². The minimum absolute atomic E-state index is 0.0628. The van der Waals surface area contributed by atoms with Gasteiger partial charge in [-0.05, 0) is 32.1 Å². The van der Waals surface area contributed by atoms with Gasteiger partial charge in [0.1, 0.15) is 12.4 Å². The molecule has 0 amide bonds. The fourth-order valence-corrected chi connectivity index (χ4v) is 3.96. The Kier molecular flexibility index (Phi) is 10.9. The Labute approximate surface area is 158 Å². The van der Waals surface area contributed by atoms with E-state index in [1.807, 2.05) is 0 Å². The molecule has 0 saturated heterocycles. The SMILES string of the molecule is O=C(CCCOCCOCCOC(=O)C1CCCCC1)C1CCCCC1. The summed E-state index contributed by atoms with van der Waals surface area (Å²) in [4.78, 5) is 23.9. The van der Waals surface area contributed by atoms with Crippen molar-refractivity contribution in [2.45, 2.75) is 77.0 Å². The van der Waals surface area contributed by atoms with Crippen LogP contribution in [0.4, 0.5) is 0 Å². The topological polar surface area (TPSA) is 61.8 Å². The van der Waals surface area contributed by atoms with E-state index in [9.17, 15) is 9.59 Å². The molecule has 26 heavy (non-hydrogen) atoms. The molecule has 0 aliphatic heterocycles. The van der Waals surface area contributed by atoms with Crippen molar-refractivity contribution in [1.82, 2.24) is 0 Å². The van der Waals surface area contributed by atoms with Crippen molar-refractivity contribution in [2.24, 2.45) is 11.8 Å². The van der Waals surface area contributed by atoms with Gasteiger partial charge in [0.25, 0.3) is 0 Å². The third-order valence-corrected chi connectivity index (χ3v) is 5.55. The van der Waals surface area contributed by atoms with Gasteiger partial charge in [0, 0.05) is 18.9 Å². The smallest absolute Gasteiger partial charge is 0.309 e. The molecule has 2 rings (SSSR count). The summed E-state index contributed by atoms with van der Waals surface area (Å²) < 4.78 is 16.2. The van der Waals surface area contributed by atoms with Crippen molar-refractivity contribution in [3.63, 3.8) is 0 Å². The van der Waals surface area contributed by atoms with Crippen LogP contribution < -0.4 is 0 Å². The van der Waals surface area contributed by atoms with Crippen LogP contribution in [0.25, 0.3) is 0 Å². The minimum Gasteiger partial charge on any atom is -0.463 e. The lowest BCUT2D eigenvalue weighted by molar-refractivity contribution is -0.151. The first kappa shape index (κ1) is 21.4. The Morgan fingerprint density at radius 3 is 1.85 bits per heavy atom. The van der Waals surface area contributed by atoms with Gasteiger partial charge in [0.2, 0.25) is 0 Å². The number of hydrogen-bond acceptors (Lipinski definition) is 5. The number of hydrogen-bond donors (Lipinski definition) is 0. The van der Waals surface area contributed by atoms with Crippen LogP contribution >= 0.6 is 0 Å². The zero-order chi connectivity index (χ0) is 18.5. The second-order valence-corrected chi connectivity index (χ2v) is 7.63. The predicted octanol–water partition coefficient (Wildman–Crippen LogP) is 4.07. The van der Waals surface area contributed by atoms with Crippen LogP contribution in [0.15, 0.2) is 0 Å². The highest BCUT2D eigenvalue weighted by Crippen LogP contribution is 2.26. The monoisotopic (exact) mass is 368 g/mol. The summed E-state index contributed by atoms with van der Waals surface area (Å²) >= 11 is 0. The molecule has 2 aliphatic carbocycles. The zero-order valence-corrected chi connectivity index (χ0v) is 16.2. The van der Waals surface area contributed by atoms with Gasteiger partial charge in [-0.25, -0.2) is 0 Å². The summed E-state index contributed by atoms with van der Waals surface area (Å²) in [6.45, 7) is 2.37. The molecule has 0 N–H and O–H groups in total. The van der Waals surface area contributed by atoms with E-state index in [-0.39, 0.29) is 11.9 Å². The highest BCUT2D eigenvalue weighted by molar-refractivity contribution is 5.81. The molecule has 0 aromatic heterocycles. The van der Waals surface area contributed by atoms with Crippen LogP contribution in [0.5, 0.6) is 0 Å². The molecule has 0 aromatic carbocycles. The van der Waals surface area contributed by atoms with Gasteiger partial charge in [-0.1, -0.05) is 38.5 Å². The molecule has 0 atom stereocenters. The highest BCUT2D eigenvalue weighted by Gasteiger charge is 2.22. The molecule has 0 spiro atoms. The van der Waals surface area contributed by atoms with E-state index < -0.39 is 0 Å². The van der Waals surface area contributed by atoms with Crippen LogP contribution in [-0.4, -0.2) is 44.8 Å². The lowest BCUT2D eigenvalue weighted by atomic mass is 9.85. The van der Waals surface area contributed by atoms with Crippen molar-refractivity contribution in [3.05, 3.63) is 0 Å². The molecule has 5 nitrogen and oxygen atoms in total. The number of esters is 1. The first-order valence-electron chi connectivity index (χ1n) is 10.6. The quantitative estimate of drug-likeness (QED) is 0.384. The van der Waals surface area contributed by atoms with Crippen LogP contribution in [0, 0.1) is 11.8 Å². The van der Waals surface area contributed by atoms with Gasteiger partial charge in [-0.2, -0.15) is 0 Å². The largest absolute Gasteiger partial charge is 0.463 e. The molecular weight excluding hydrogens is 332 g/mol. The van der Waals surface area contributed by atoms with Crippen LogP contribution in [0.1, 0.15) is 77.0 Å². The van der Waals surface area contributed by atoms with Crippen molar-refractivity contribution in [1.29, 1.82) is 0 Å². The summed E-state index contributed by atoms with van der Waals surface area (Å²) in [5.74, 6) is 0.767. The van der Waals surface area contributed by atoms with E-state index in [1.54, 1.807) is 0 Å². The Bertz CT molecular complexity index is 359. The normalized spacial score (nSPS) is 19.4. The van der Waals surface area contributed by atoms with Crippen molar-refractivity contribution in [3.8, 4) is 0 Å². The van der Waals surface area contributed by atoms with Gasteiger partial charge in [0.15, 0.2) is 0 Å². The van der Waals surface area contributed by atoms with Gasteiger partial charge in [-0.3, -0.25) is 9.59 Å². The van der Waals surface area contributed by atoms with E-state index in [2.05, 4.69) is 0 Å². The molecule has 5 heteroatoms. The fraction of sp³-hybridized carbons (Fsp3) is 0.905. The molecule has 0 aromatic rings. The second-order valence-electron chi connectivity index (χ2n) is 7.63. The summed E-state index contributed by atoms with van der Waals surface area (Å²) in [6.07, 6.45) is 12.8. The van der Waals surface area contributed by atoms with Gasteiger partial charge >= 0.3 is 5.97 Å². The summed E-state index contributed by atoms with van der Waals surface area (Å²) in [7, 11) is 0. The summed E-state index contributed by atoms with van der Waals surface area (Å²) in [5, 5.41) is 0. The highest BCUT2D eigenvalue weighted by atomic mass is 16.6. The number of Topliss-reactive ketones (excluding diaryl/α,β-unsaturated/α-hetero) is 1. The third kappa shape index (κ3) is 8.63. The maximum absolute atomic E-state index is 12.1.